The first kappa shape index (κ1) is 11.2. The van der Waals surface area contributed by atoms with E-state index in [1.165, 1.54) is 6.07 Å². The average molecular weight is 205 g/mol. The first-order valence-electron chi connectivity index (χ1n) is 4.35. The first-order chi connectivity index (χ1) is 7.17. The lowest BCUT2D eigenvalue weighted by Crippen LogP contribution is -2.38. The standard InChI is InChI=1S/C10H11N3O2/c11-5-7-2-1-3-8(4-7)13-10(15)9(12)6-14/h1-4,9,14H,6,12H2,(H,13,15)/t9-/m1/s1. The minimum Gasteiger partial charge on any atom is -0.394 e. The van der Waals surface area contributed by atoms with Crippen LogP contribution in [0.3, 0.4) is 0 Å². The van der Waals surface area contributed by atoms with Crippen molar-refractivity contribution in [3.05, 3.63) is 29.8 Å². The maximum absolute atomic E-state index is 11.3. The van der Waals surface area contributed by atoms with Gasteiger partial charge in [0.25, 0.3) is 0 Å². The Morgan fingerprint density at radius 3 is 3.00 bits per heavy atom. The lowest BCUT2D eigenvalue weighted by molar-refractivity contribution is -0.118. The molecule has 0 heterocycles. The second kappa shape index (κ2) is 5.10. The summed E-state index contributed by atoms with van der Waals surface area (Å²) >= 11 is 0. The monoisotopic (exact) mass is 205 g/mol. The summed E-state index contributed by atoms with van der Waals surface area (Å²) in [4.78, 5) is 11.3. The van der Waals surface area contributed by atoms with Gasteiger partial charge in [-0.1, -0.05) is 6.07 Å². The van der Waals surface area contributed by atoms with Crippen LogP contribution in [0.2, 0.25) is 0 Å². The van der Waals surface area contributed by atoms with Gasteiger partial charge in [0.05, 0.1) is 18.2 Å². The molecule has 0 aliphatic rings. The Morgan fingerprint density at radius 1 is 1.67 bits per heavy atom. The third-order valence-electron chi connectivity index (χ3n) is 1.79. The summed E-state index contributed by atoms with van der Waals surface area (Å²) in [5, 5.41) is 19.8. The van der Waals surface area contributed by atoms with Crippen LogP contribution in [0.25, 0.3) is 0 Å². The zero-order valence-electron chi connectivity index (χ0n) is 7.97. The predicted octanol–water partition coefficient (Wildman–Crippen LogP) is -0.184. The van der Waals surface area contributed by atoms with E-state index >= 15 is 0 Å². The number of rotatable bonds is 3. The number of nitrogens with zero attached hydrogens (tertiary/aromatic N) is 1. The second-order valence-corrected chi connectivity index (χ2v) is 2.97. The van der Waals surface area contributed by atoms with E-state index in [1.54, 1.807) is 18.2 Å². The molecule has 0 saturated carbocycles. The molecule has 0 fully saturated rings. The second-order valence-electron chi connectivity index (χ2n) is 2.97. The lowest BCUT2D eigenvalue weighted by Gasteiger charge is -2.09. The molecule has 0 bridgehead atoms. The van der Waals surface area contributed by atoms with E-state index in [0.717, 1.165) is 0 Å². The molecule has 1 aromatic rings. The van der Waals surface area contributed by atoms with Crippen LogP contribution in [0.5, 0.6) is 0 Å². The Morgan fingerprint density at radius 2 is 2.40 bits per heavy atom. The molecule has 0 saturated heterocycles. The smallest absolute Gasteiger partial charge is 0.243 e. The normalized spacial score (nSPS) is 11.5. The van der Waals surface area contributed by atoms with Crippen LogP contribution in [0.15, 0.2) is 24.3 Å². The molecule has 0 aliphatic heterocycles. The number of nitriles is 1. The number of nitrogens with two attached hydrogens (primary N) is 1. The van der Waals surface area contributed by atoms with Gasteiger partial charge in [-0.15, -0.1) is 0 Å². The summed E-state index contributed by atoms with van der Waals surface area (Å²) in [6.45, 7) is -0.413. The van der Waals surface area contributed by atoms with E-state index in [2.05, 4.69) is 5.32 Å². The van der Waals surface area contributed by atoms with Crippen molar-refractivity contribution in [2.24, 2.45) is 5.73 Å². The van der Waals surface area contributed by atoms with E-state index in [0.29, 0.717) is 11.3 Å². The van der Waals surface area contributed by atoms with E-state index in [1.807, 2.05) is 6.07 Å². The highest BCUT2D eigenvalue weighted by Gasteiger charge is 2.11. The summed E-state index contributed by atoms with van der Waals surface area (Å²) in [5.74, 6) is -0.479. The number of carbonyl (C=O) groups excluding carboxylic acids is 1. The Hall–Kier alpha value is -1.90. The summed E-state index contributed by atoms with van der Waals surface area (Å²) in [6.07, 6.45) is 0. The molecule has 5 heteroatoms. The Labute approximate surface area is 87.1 Å². The van der Waals surface area contributed by atoms with Crippen molar-refractivity contribution in [1.82, 2.24) is 0 Å². The van der Waals surface area contributed by atoms with Crippen LogP contribution >= 0.6 is 0 Å². The van der Waals surface area contributed by atoms with Crippen molar-refractivity contribution >= 4 is 11.6 Å². The van der Waals surface area contributed by atoms with Crippen molar-refractivity contribution in [3.8, 4) is 6.07 Å². The Bertz CT molecular complexity index is 398. The van der Waals surface area contributed by atoms with Crippen LogP contribution in [-0.4, -0.2) is 23.7 Å². The van der Waals surface area contributed by atoms with Gasteiger partial charge in [-0.25, -0.2) is 0 Å². The molecule has 1 rings (SSSR count). The molecule has 1 atom stereocenters. The SMILES string of the molecule is N#Cc1cccc(NC(=O)[C@H](N)CO)c1. The number of anilines is 1. The third kappa shape index (κ3) is 3.06. The molecule has 0 radical (unpaired) electrons. The molecular weight excluding hydrogens is 194 g/mol. The van der Waals surface area contributed by atoms with Crippen molar-refractivity contribution in [3.63, 3.8) is 0 Å². The molecular formula is C10H11N3O2. The van der Waals surface area contributed by atoms with Crippen LogP contribution in [-0.2, 0) is 4.79 Å². The zero-order chi connectivity index (χ0) is 11.3. The highest BCUT2D eigenvalue weighted by molar-refractivity contribution is 5.94. The number of aliphatic hydroxyl groups excluding tert-OH is 1. The summed E-state index contributed by atoms with van der Waals surface area (Å²) in [5.41, 5.74) is 6.25. The lowest BCUT2D eigenvalue weighted by atomic mass is 10.2. The van der Waals surface area contributed by atoms with Crippen LogP contribution < -0.4 is 11.1 Å². The minimum atomic E-state index is -0.948. The van der Waals surface area contributed by atoms with E-state index in [4.69, 9.17) is 16.1 Å². The molecule has 0 spiro atoms. The predicted molar refractivity (Wildman–Crippen MR) is 54.8 cm³/mol. The molecule has 15 heavy (non-hydrogen) atoms. The van der Waals surface area contributed by atoms with E-state index in [9.17, 15) is 4.79 Å². The number of benzene rings is 1. The molecule has 4 N–H and O–H groups in total. The van der Waals surface area contributed by atoms with Gasteiger partial charge in [0.2, 0.25) is 5.91 Å². The Kier molecular flexibility index (Phi) is 3.80. The molecule has 0 aromatic heterocycles. The molecule has 1 amide bonds. The maximum Gasteiger partial charge on any atom is 0.243 e. The van der Waals surface area contributed by atoms with Gasteiger partial charge in [0.1, 0.15) is 6.04 Å². The largest absolute Gasteiger partial charge is 0.394 e. The summed E-state index contributed by atoms with van der Waals surface area (Å²) in [6, 6.07) is 7.45. The fourth-order valence-corrected chi connectivity index (χ4v) is 0.984. The van der Waals surface area contributed by atoms with Gasteiger partial charge in [-0.05, 0) is 18.2 Å². The van der Waals surface area contributed by atoms with Gasteiger partial charge in [0, 0.05) is 5.69 Å². The number of hydrogen-bond acceptors (Lipinski definition) is 4. The fourth-order valence-electron chi connectivity index (χ4n) is 0.984. The summed E-state index contributed by atoms with van der Waals surface area (Å²) in [7, 11) is 0. The first-order valence-corrected chi connectivity index (χ1v) is 4.35. The van der Waals surface area contributed by atoms with Crippen molar-refractivity contribution in [1.29, 1.82) is 5.26 Å². The molecule has 1 aromatic carbocycles. The Balaban J connectivity index is 2.73. The van der Waals surface area contributed by atoms with E-state index < -0.39 is 18.6 Å². The molecule has 78 valence electrons. The zero-order valence-corrected chi connectivity index (χ0v) is 7.97. The van der Waals surface area contributed by atoms with Crippen LogP contribution in [0.1, 0.15) is 5.56 Å². The van der Waals surface area contributed by atoms with Crippen LogP contribution in [0.4, 0.5) is 5.69 Å². The summed E-state index contributed by atoms with van der Waals surface area (Å²) < 4.78 is 0. The minimum absolute atomic E-state index is 0.413. The fraction of sp³-hybridized carbons (Fsp3) is 0.200. The number of nitrogens with one attached hydrogen (secondary N) is 1. The van der Waals surface area contributed by atoms with Gasteiger partial charge in [-0.3, -0.25) is 4.79 Å². The van der Waals surface area contributed by atoms with Crippen molar-refractivity contribution in [2.75, 3.05) is 11.9 Å². The quantitative estimate of drug-likeness (QED) is 0.637. The van der Waals surface area contributed by atoms with Gasteiger partial charge in [-0.2, -0.15) is 5.26 Å². The maximum atomic E-state index is 11.3. The highest BCUT2D eigenvalue weighted by Crippen LogP contribution is 2.09. The highest BCUT2D eigenvalue weighted by atomic mass is 16.3. The topological polar surface area (TPSA) is 99.1 Å². The number of amides is 1. The van der Waals surface area contributed by atoms with E-state index in [-0.39, 0.29) is 0 Å². The molecule has 5 nitrogen and oxygen atoms in total. The molecule has 0 unspecified atom stereocenters. The average Bonchev–Trinajstić information content (AvgIpc) is 2.28. The number of carbonyl (C=O) groups is 1. The van der Waals surface area contributed by atoms with Gasteiger partial charge in [0.15, 0.2) is 0 Å². The molecule has 0 aliphatic carbocycles. The number of aliphatic hydroxyl groups is 1. The van der Waals surface area contributed by atoms with Gasteiger partial charge >= 0.3 is 0 Å². The number of hydrogen-bond donors (Lipinski definition) is 3. The van der Waals surface area contributed by atoms with Crippen LogP contribution in [0, 0.1) is 11.3 Å². The van der Waals surface area contributed by atoms with Gasteiger partial charge < -0.3 is 16.2 Å². The third-order valence-corrected chi connectivity index (χ3v) is 1.79. The van der Waals surface area contributed by atoms with Crippen molar-refractivity contribution < 1.29 is 9.90 Å². The van der Waals surface area contributed by atoms with Crippen molar-refractivity contribution in [2.45, 2.75) is 6.04 Å².